The van der Waals surface area contributed by atoms with Crippen LogP contribution in [-0.2, 0) is 6.54 Å². The van der Waals surface area contributed by atoms with E-state index >= 15 is 0 Å². The van der Waals surface area contributed by atoms with E-state index in [4.69, 9.17) is 10.2 Å². The first-order valence-electron chi connectivity index (χ1n) is 7.32. The Balaban J connectivity index is 1.69. The number of hydrogen-bond acceptors (Lipinski definition) is 4. The first-order valence-corrected chi connectivity index (χ1v) is 7.32. The van der Waals surface area contributed by atoms with Crippen molar-refractivity contribution in [2.45, 2.75) is 38.4 Å². The van der Waals surface area contributed by atoms with E-state index < -0.39 is 0 Å². The van der Waals surface area contributed by atoms with Crippen molar-refractivity contribution >= 4 is 0 Å². The summed E-state index contributed by atoms with van der Waals surface area (Å²) in [5.41, 5.74) is 7.67. The second kappa shape index (κ2) is 5.95. The summed E-state index contributed by atoms with van der Waals surface area (Å²) in [5.74, 6) is 0.273. The van der Waals surface area contributed by atoms with Crippen LogP contribution in [0, 0.1) is 5.82 Å². The van der Waals surface area contributed by atoms with Crippen molar-refractivity contribution in [3.05, 3.63) is 42.0 Å². The average molecular weight is 289 g/mol. The summed E-state index contributed by atoms with van der Waals surface area (Å²) in [6.45, 7) is 3.94. The molecule has 1 aliphatic rings. The Hall–Kier alpha value is -1.72. The third kappa shape index (κ3) is 3.31. The maximum atomic E-state index is 12.9. The maximum absolute atomic E-state index is 12.9. The van der Waals surface area contributed by atoms with Crippen molar-refractivity contribution in [1.29, 1.82) is 0 Å². The van der Waals surface area contributed by atoms with E-state index in [1.807, 2.05) is 0 Å². The molecule has 0 saturated carbocycles. The zero-order valence-electron chi connectivity index (χ0n) is 12.1. The molecule has 2 heterocycles. The van der Waals surface area contributed by atoms with Gasteiger partial charge < -0.3 is 10.2 Å². The van der Waals surface area contributed by atoms with Gasteiger partial charge in [0.25, 0.3) is 0 Å². The lowest BCUT2D eigenvalue weighted by molar-refractivity contribution is 0.138. The number of rotatable bonds is 3. The molecule has 0 aliphatic carbocycles. The molecule has 1 aromatic carbocycles. The highest BCUT2D eigenvalue weighted by Crippen LogP contribution is 2.22. The third-order valence-electron chi connectivity index (χ3n) is 4.06. The summed E-state index contributed by atoms with van der Waals surface area (Å²) < 4.78 is 18.4. The molecule has 1 aliphatic heterocycles. The predicted octanol–water partition coefficient (Wildman–Crippen LogP) is 2.79. The minimum atomic E-state index is -0.260. The second-order valence-corrected chi connectivity index (χ2v) is 5.75. The quantitative estimate of drug-likeness (QED) is 0.944. The van der Waals surface area contributed by atoms with E-state index in [-0.39, 0.29) is 5.82 Å². The van der Waals surface area contributed by atoms with Crippen LogP contribution < -0.4 is 5.73 Å². The lowest BCUT2D eigenvalue weighted by atomic mass is 9.99. The molecular weight excluding hydrogens is 269 g/mol. The number of nitrogens with two attached hydrogens (primary N) is 1. The van der Waals surface area contributed by atoms with Crippen molar-refractivity contribution in [2.24, 2.45) is 5.73 Å². The number of oxazole rings is 1. The fourth-order valence-corrected chi connectivity index (χ4v) is 2.80. The highest BCUT2D eigenvalue weighted by atomic mass is 19.1. The zero-order valence-corrected chi connectivity index (χ0v) is 12.1. The molecule has 0 spiro atoms. The van der Waals surface area contributed by atoms with Crippen LogP contribution in [0.3, 0.4) is 0 Å². The molecular formula is C16H20FN3O. The van der Waals surface area contributed by atoms with Crippen LogP contribution in [0.4, 0.5) is 4.39 Å². The summed E-state index contributed by atoms with van der Waals surface area (Å²) >= 11 is 0. The molecule has 2 N–H and O–H groups in total. The molecule has 0 radical (unpaired) electrons. The van der Waals surface area contributed by atoms with E-state index in [1.165, 1.54) is 12.1 Å². The number of nitrogens with zero attached hydrogens (tertiary/aromatic N) is 2. The Kier molecular flexibility index (Phi) is 4.03. The third-order valence-corrected chi connectivity index (χ3v) is 4.06. The van der Waals surface area contributed by atoms with Crippen LogP contribution in [-0.4, -0.2) is 28.5 Å². The van der Waals surface area contributed by atoms with Crippen LogP contribution in [0.25, 0.3) is 11.5 Å². The number of likely N-dealkylation sites (tertiary alicyclic amines) is 1. The molecule has 1 saturated heterocycles. The fourth-order valence-electron chi connectivity index (χ4n) is 2.80. The molecule has 2 unspecified atom stereocenters. The lowest BCUT2D eigenvalue weighted by Crippen LogP contribution is -2.45. The lowest BCUT2D eigenvalue weighted by Gasteiger charge is -2.35. The first kappa shape index (κ1) is 14.2. The van der Waals surface area contributed by atoms with Gasteiger partial charge >= 0.3 is 0 Å². The van der Waals surface area contributed by atoms with Crippen LogP contribution in [0.15, 0.2) is 34.9 Å². The molecule has 5 heteroatoms. The Morgan fingerprint density at radius 3 is 2.86 bits per heavy atom. The Bertz CT molecular complexity index is 596. The number of hydrogen-bond donors (Lipinski definition) is 1. The second-order valence-electron chi connectivity index (χ2n) is 5.75. The largest absolute Gasteiger partial charge is 0.444 e. The molecule has 1 fully saturated rings. The van der Waals surface area contributed by atoms with Gasteiger partial charge in [-0.1, -0.05) is 0 Å². The fraction of sp³-hybridized carbons (Fsp3) is 0.438. The molecule has 4 nitrogen and oxygen atoms in total. The highest BCUT2D eigenvalue weighted by Gasteiger charge is 2.24. The summed E-state index contributed by atoms with van der Waals surface area (Å²) in [5, 5.41) is 0. The van der Waals surface area contributed by atoms with Gasteiger partial charge in [0.05, 0.1) is 5.69 Å². The Labute approximate surface area is 123 Å². The van der Waals surface area contributed by atoms with Gasteiger partial charge in [0.15, 0.2) is 0 Å². The van der Waals surface area contributed by atoms with E-state index in [1.54, 1.807) is 18.4 Å². The molecule has 3 rings (SSSR count). The zero-order chi connectivity index (χ0) is 14.8. The number of benzene rings is 1. The maximum Gasteiger partial charge on any atom is 0.226 e. The Morgan fingerprint density at radius 2 is 2.14 bits per heavy atom. The summed E-state index contributed by atoms with van der Waals surface area (Å²) in [6.07, 6.45) is 3.72. The van der Waals surface area contributed by atoms with Crippen molar-refractivity contribution in [3.8, 4) is 11.5 Å². The van der Waals surface area contributed by atoms with Crippen LogP contribution in [0.1, 0.15) is 25.5 Å². The molecule has 2 atom stereocenters. The van der Waals surface area contributed by atoms with E-state index in [2.05, 4.69) is 16.8 Å². The number of piperidine rings is 1. The molecule has 1 aromatic heterocycles. The number of aromatic nitrogens is 1. The van der Waals surface area contributed by atoms with Crippen LogP contribution in [0.5, 0.6) is 0 Å². The summed E-state index contributed by atoms with van der Waals surface area (Å²) in [4.78, 5) is 6.87. The van der Waals surface area contributed by atoms with Crippen molar-refractivity contribution < 1.29 is 8.81 Å². The van der Waals surface area contributed by atoms with Gasteiger partial charge in [0.2, 0.25) is 5.89 Å². The van der Waals surface area contributed by atoms with Crippen LogP contribution in [0.2, 0.25) is 0 Å². The van der Waals surface area contributed by atoms with Crippen molar-refractivity contribution in [3.63, 3.8) is 0 Å². The van der Waals surface area contributed by atoms with E-state index in [0.717, 1.165) is 37.2 Å². The molecule has 21 heavy (non-hydrogen) atoms. The molecule has 0 bridgehead atoms. The highest BCUT2D eigenvalue weighted by molar-refractivity contribution is 5.52. The van der Waals surface area contributed by atoms with Gasteiger partial charge in [0, 0.05) is 30.7 Å². The van der Waals surface area contributed by atoms with Gasteiger partial charge in [-0.15, -0.1) is 0 Å². The van der Waals surface area contributed by atoms with E-state index in [9.17, 15) is 4.39 Å². The first-order chi connectivity index (χ1) is 10.1. The van der Waals surface area contributed by atoms with Crippen LogP contribution >= 0.6 is 0 Å². The van der Waals surface area contributed by atoms with Gasteiger partial charge in [-0.3, -0.25) is 4.90 Å². The van der Waals surface area contributed by atoms with Crippen molar-refractivity contribution in [2.75, 3.05) is 6.54 Å². The van der Waals surface area contributed by atoms with Gasteiger partial charge in [0.1, 0.15) is 12.1 Å². The topological polar surface area (TPSA) is 55.3 Å². The molecule has 2 aromatic rings. The van der Waals surface area contributed by atoms with E-state index in [0.29, 0.717) is 18.0 Å². The van der Waals surface area contributed by atoms with Gasteiger partial charge in [-0.2, -0.15) is 0 Å². The van der Waals surface area contributed by atoms with Gasteiger partial charge in [-0.25, -0.2) is 9.37 Å². The minimum absolute atomic E-state index is 0.260. The average Bonchev–Trinajstić information content (AvgIpc) is 2.91. The summed E-state index contributed by atoms with van der Waals surface area (Å²) in [7, 11) is 0. The standard InChI is InChI=1S/C16H20FN3O/c1-11-8-14(18)6-7-20(11)9-15-10-21-16(19-15)12-2-4-13(17)5-3-12/h2-5,10-11,14H,6-9,18H2,1H3. The molecule has 0 amide bonds. The Morgan fingerprint density at radius 1 is 1.38 bits per heavy atom. The number of halogens is 1. The predicted molar refractivity (Wildman–Crippen MR) is 79.0 cm³/mol. The normalized spacial score (nSPS) is 23.4. The SMILES string of the molecule is CC1CC(N)CCN1Cc1coc(-c2ccc(F)cc2)n1. The smallest absolute Gasteiger partial charge is 0.226 e. The minimum Gasteiger partial charge on any atom is -0.444 e. The monoisotopic (exact) mass is 289 g/mol. The summed E-state index contributed by atoms with van der Waals surface area (Å²) in [6, 6.07) is 6.93. The molecule has 112 valence electrons. The van der Waals surface area contributed by atoms with Crippen molar-refractivity contribution in [1.82, 2.24) is 9.88 Å². The van der Waals surface area contributed by atoms with Gasteiger partial charge in [-0.05, 0) is 44.0 Å².